The number of nitrogens with one attached hydrogen (secondary N) is 1. The third-order valence-corrected chi connectivity index (χ3v) is 5.32. The molecule has 6 nitrogen and oxygen atoms in total. The molecule has 0 aliphatic rings. The van der Waals surface area contributed by atoms with Crippen molar-refractivity contribution < 1.29 is 14.7 Å². The molecule has 3 aromatic rings. The molecule has 1 unspecified atom stereocenters. The van der Waals surface area contributed by atoms with E-state index in [-0.39, 0.29) is 18.4 Å². The van der Waals surface area contributed by atoms with Gasteiger partial charge in [-0.2, -0.15) is 5.10 Å². The molecule has 0 saturated carbocycles. The molecule has 0 radical (unpaired) electrons. The van der Waals surface area contributed by atoms with Gasteiger partial charge in [0, 0.05) is 17.8 Å². The number of thiophene rings is 1. The van der Waals surface area contributed by atoms with Gasteiger partial charge in [0.25, 0.3) is 5.91 Å². The fourth-order valence-electron chi connectivity index (χ4n) is 2.80. The lowest BCUT2D eigenvalue weighted by atomic mass is 10.2. The van der Waals surface area contributed by atoms with E-state index in [4.69, 9.17) is 5.11 Å². The van der Waals surface area contributed by atoms with E-state index in [1.807, 2.05) is 54.9 Å². The summed E-state index contributed by atoms with van der Waals surface area (Å²) in [6, 6.07) is 11.7. The largest absolute Gasteiger partial charge is 0.481 e. The number of aryl methyl sites for hydroxylation is 1. The second kappa shape index (κ2) is 7.70. The lowest BCUT2D eigenvalue weighted by molar-refractivity contribution is -0.137. The molecule has 2 N–H and O–H groups in total. The molecule has 26 heavy (non-hydrogen) atoms. The number of hydrogen-bond acceptors (Lipinski definition) is 4. The van der Waals surface area contributed by atoms with Crippen LogP contribution in [0.1, 0.15) is 40.7 Å². The van der Waals surface area contributed by atoms with Crippen LogP contribution in [0.2, 0.25) is 0 Å². The van der Waals surface area contributed by atoms with Crippen LogP contribution in [0.5, 0.6) is 0 Å². The maximum absolute atomic E-state index is 12.5. The molecule has 136 valence electrons. The molecule has 1 amide bonds. The van der Waals surface area contributed by atoms with Gasteiger partial charge in [-0.3, -0.25) is 14.3 Å². The van der Waals surface area contributed by atoms with Gasteiger partial charge in [0.15, 0.2) is 0 Å². The van der Waals surface area contributed by atoms with Crippen LogP contribution in [0.25, 0.3) is 10.2 Å². The number of fused-ring (bicyclic) bond motifs is 1. The van der Waals surface area contributed by atoms with Crippen LogP contribution in [0, 0.1) is 6.92 Å². The van der Waals surface area contributed by atoms with Crippen LogP contribution >= 0.6 is 11.3 Å². The predicted octanol–water partition coefficient (Wildman–Crippen LogP) is 3.44. The molecule has 7 heteroatoms. The van der Waals surface area contributed by atoms with Crippen molar-refractivity contribution in [2.75, 3.05) is 0 Å². The molecule has 0 aliphatic heterocycles. The average Bonchev–Trinajstić information content (AvgIpc) is 3.16. The van der Waals surface area contributed by atoms with Crippen LogP contribution in [0.15, 0.2) is 36.4 Å². The minimum absolute atomic E-state index is 0.0407. The number of hydrogen-bond donors (Lipinski definition) is 2. The number of rotatable bonds is 7. The number of amides is 1. The van der Waals surface area contributed by atoms with E-state index in [1.54, 1.807) is 0 Å². The summed E-state index contributed by atoms with van der Waals surface area (Å²) in [7, 11) is 0. The van der Waals surface area contributed by atoms with Crippen molar-refractivity contribution in [1.29, 1.82) is 0 Å². The highest BCUT2D eigenvalue weighted by Gasteiger charge is 2.18. The Labute approximate surface area is 155 Å². The highest BCUT2D eigenvalue weighted by molar-refractivity contribution is 7.20. The molecule has 0 fully saturated rings. The summed E-state index contributed by atoms with van der Waals surface area (Å²) in [6.07, 6.45) is 0.450. The summed E-state index contributed by atoms with van der Waals surface area (Å²) in [4.78, 5) is 24.7. The van der Waals surface area contributed by atoms with Crippen molar-refractivity contribution >= 4 is 33.4 Å². The SMILES string of the molecule is Cc1nn(Cc2ccccc2)c2sc(C(=O)NC(C)CCC(=O)O)cc12. The molecule has 0 saturated heterocycles. The highest BCUT2D eigenvalue weighted by atomic mass is 32.1. The minimum atomic E-state index is -0.857. The summed E-state index contributed by atoms with van der Waals surface area (Å²) in [5.41, 5.74) is 2.05. The summed E-state index contributed by atoms with van der Waals surface area (Å²) >= 11 is 1.41. The lowest BCUT2D eigenvalue weighted by Crippen LogP contribution is -2.32. The Hall–Kier alpha value is -2.67. The zero-order chi connectivity index (χ0) is 18.7. The highest BCUT2D eigenvalue weighted by Crippen LogP contribution is 2.29. The third kappa shape index (κ3) is 4.11. The second-order valence-corrected chi connectivity index (χ2v) is 7.40. The Bertz CT molecular complexity index is 930. The van der Waals surface area contributed by atoms with Gasteiger partial charge in [0.1, 0.15) is 4.83 Å². The maximum Gasteiger partial charge on any atom is 0.303 e. The van der Waals surface area contributed by atoms with Gasteiger partial charge in [0.05, 0.1) is 17.1 Å². The summed E-state index contributed by atoms with van der Waals surface area (Å²) < 4.78 is 1.93. The van der Waals surface area contributed by atoms with Crippen LogP contribution < -0.4 is 5.32 Å². The molecule has 0 bridgehead atoms. The Morgan fingerprint density at radius 2 is 2.04 bits per heavy atom. The number of benzene rings is 1. The van der Waals surface area contributed by atoms with E-state index in [1.165, 1.54) is 11.3 Å². The van der Waals surface area contributed by atoms with Gasteiger partial charge < -0.3 is 10.4 Å². The number of carbonyl (C=O) groups excluding carboxylic acids is 1. The first-order chi connectivity index (χ1) is 12.4. The molecule has 2 heterocycles. The van der Waals surface area contributed by atoms with Crippen LogP contribution in [0.4, 0.5) is 0 Å². The summed E-state index contributed by atoms with van der Waals surface area (Å²) in [5, 5.41) is 17.2. The fraction of sp³-hybridized carbons (Fsp3) is 0.316. The first kappa shape index (κ1) is 18.1. The maximum atomic E-state index is 12.5. The lowest BCUT2D eigenvalue weighted by Gasteiger charge is -2.11. The zero-order valence-corrected chi connectivity index (χ0v) is 15.5. The number of carbonyl (C=O) groups is 2. The number of carboxylic acid groups (broad SMARTS) is 1. The molecule has 0 aliphatic carbocycles. The van der Waals surface area contributed by atoms with Crippen molar-refractivity contribution in [2.45, 2.75) is 39.3 Å². The van der Waals surface area contributed by atoms with E-state index >= 15 is 0 Å². The van der Waals surface area contributed by atoms with E-state index in [0.717, 1.165) is 21.5 Å². The molecule has 1 atom stereocenters. The number of carboxylic acids is 1. The van der Waals surface area contributed by atoms with Crippen molar-refractivity contribution in [3.63, 3.8) is 0 Å². The molecular formula is C19H21N3O3S. The molecule has 2 aromatic heterocycles. The fourth-order valence-corrected chi connectivity index (χ4v) is 3.86. The monoisotopic (exact) mass is 371 g/mol. The molecule has 3 rings (SSSR count). The topological polar surface area (TPSA) is 84.2 Å². The Kier molecular flexibility index (Phi) is 5.37. The number of nitrogens with zero attached hydrogens (tertiary/aromatic N) is 2. The smallest absolute Gasteiger partial charge is 0.303 e. The van der Waals surface area contributed by atoms with Crippen LogP contribution in [-0.2, 0) is 11.3 Å². The van der Waals surface area contributed by atoms with Crippen molar-refractivity contribution in [3.05, 3.63) is 52.5 Å². The Morgan fingerprint density at radius 3 is 2.73 bits per heavy atom. The van der Waals surface area contributed by atoms with Crippen LogP contribution in [-0.4, -0.2) is 32.8 Å². The van der Waals surface area contributed by atoms with Gasteiger partial charge in [-0.1, -0.05) is 30.3 Å². The van der Waals surface area contributed by atoms with Crippen molar-refractivity contribution in [1.82, 2.24) is 15.1 Å². The molecular weight excluding hydrogens is 350 g/mol. The first-order valence-corrected chi connectivity index (χ1v) is 9.29. The van der Waals surface area contributed by atoms with E-state index in [9.17, 15) is 9.59 Å². The number of aliphatic carboxylic acids is 1. The Morgan fingerprint density at radius 1 is 1.31 bits per heavy atom. The second-order valence-electron chi connectivity index (χ2n) is 6.37. The van der Waals surface area contributed by atoms with E-state index in [0.29, 0.717) is 17.8 Å². The van der Waals surface area contributed by atoms with Gasteiger partial charge in [-0.25, -0.2) is 0 Å². The standard InChI is InChI=1S/C19H21N3O3S/c1-12(8-9-17(23)24)20-18(25)16-10-15-13(2)21-22(19(15)26-16)11-14-6-4-3-5-7-14/h3-7,10,12H,8-9,11H2,1-2H3,(H,20,25)(H,23,24). The van der Waals surface area contributed by atoms with Crippen molar-refractivity contribution in [3.8, 4) is 0 Å². The summed E-state index contributed by atoms with van der Waals surface area (Å²) in [5.74, 6) is -1.03. The first-order valence-electron chi connectivity index (χ1n) is 8.47. The predicted molar refractivity (Wildman–Crippen MR) is 102 cm³/mol. The summed E-state index contributed by atoms with van der Waals surface area (Å²) in [6.45, 7) is 4.41. The van der Waals surface area contributed by atoms with Gasteiger partial charge in [-0.05, 0) is 31.9 Å². The molecule has 1 aromatic carbocycles. The Balaban J connectivity index is 1.77. The number of aromatic nitrogens is 2. The molecule has 0 spiro atoms. The van der Waals surface area contributed by atoms with E-state index < -0.39 is 5.97 Å². The van der Waals surface area contributed by atoms with Crippen LogP contribution in [0.3, 0.4) is 0 Å². The third-order valence-electron chi connectivity index (χ3n) is 4.18. The zero-order valence-electron chi connectivity index (χ0n) is 14.7. The van der Waals surface area contributed by atoms with E-state index in [2.05, 4.69) is 10.4 Å². The van der Waals surface area contributed by atoms with Gasteiger partial charge >= 0.3 is 5.97 Å². The van der Waals surface area contributed by atoms with Gasteiger partial charge in [0.2, 0.25) is 0 Å². The minimum Gasteiger partial charge on any atom is -0.481 e. The normalized spacial score (nSPS) is 12.2. The quantitative estimate of drug-likeness (QED) is 0.666. The van der Waals surface area contributed by atoms with Gasteiger partial charge in [-0.15, -0.1) is 11.3 Å². The average molecular weight is 371 g/mol. The van der Waals surface area contributed by atoms with Crippen molar-refractivity contribution in [2.24, 2.45) is 0 Å².